The molecule has 104 valence electrons. The molecule has 1 unspecified atom stereocenters. The fourth-order valence-corrected chi connectivity index (χ4v) is 2.96. The van der Waals surface area contributed by atoms with Crippen molar-refractivity contribution in [2.75, 3.05) is 6.54 Å². The van der Waals surface area contributed by atoms with E-state index in [4.69, 9.17) is 12.2 Å². The second-order valence-electron chi connectivity index (χ2n) is 5.12. The Morgan fingerprint density at radius 3 is 3.11 bits per heavy atom. The van der Waals surface area contributed by atoms with Crippen LogP contribution in [0.5, 0.6) is 0 Å². The van der Waals surface area contributed by atoms with Crippen molar-refractivity contribution in [3.05, 3.63) is 30.1 Å². The van der Waals surface area contributed by atoms with Gasteiger partial charge < -0.3 is 10.2 Å². The van der Waals surface area contributed by atoms with Crippen LogP contribution in [0.1, 0.15) is 44.6 Å². The van der Waals surface area contributed by atoms with Gasteiger partial charge in [-0.05, 0) is 43.1 Å². The largest absolute Gasteiger partial charge is 0.358 e. The Morgan fingerprint density at radius 2 is 2.37 bits per heavy atom. The van der Waals surface area contributed by atoms with Crippen LogP contribution in [0.2, 0.25) is 0 Å². The van der Waals surface area contributed by atoms with E-state index in [9.17, 15) is 0 Å². The zero-order chi connectivity index (χ0) is 13.5. The Kier molecular flexibility index (Phi) is 5.58. The topological polar surface area (TPSA) is 28.2 Å². The van der Waals surface area contributed by atoms with E-state index in [1.807, 2.05) is 12.3 Å². The third-order valence-electron chi connectivity index (χ3n) is 3.78. The lowest BCUT2D eigenvalue weighted by molar-refractivity contribution is 0.303. The van der Waals surface area contributed by atoms with Crippen molar-refractivity contribution in [1.82, 2.24) is 15.2 Å². The number of nitrogens with zero attached hydrogens (tertiary/aromatic N) is 2. The monoisotopic (exact) mass is 277 g/mol. The molecule has 4 heteroatoms. The molecule has 0 radical (unpaired) electrons. The molecular formula is C15H23N3S. The first kappa shape index (κ1) is 14.3. The minimum absolute atomic E-state index is 0.608. The first-order valence-electron chi connectivity index (χ1n) is 7.24. The van der Waals surface area contributed by atoms with E-state index in [0.29, 0.717) is 6.04 Å². The van der Waals surface area contributed by atoms with Crippen molar-refractivity contribution in [3.8, 4) is 0 Å². The third kappa shape index (κ3) is 4.16. The molecule has 0 aliphatic carbocycles. The standard InChI is InChI=1S/C15H23N3S/c1-2-14-8-4-3-5-10-18(14)15(19)17-12-13-7-6-9-16-11-13/h6-7,9,11,14H,2-5,8,10,12H2,1H3,(H,17,19). The molecule has 19 heavy (non-hydrogen) atoms. The second kappa shape index (κ2) is 7.43. The minimum atomic E-state index is 0.608. The first-order chi connectivity index (χ1) is 9.31. The number of rotatable bonds is 3. The molecule has 0 bridgehead atoms. The van der Waals surface area contributed by atoms with Crippen LogP contribution >= 0.6 is 12.2 Å². The van der Waals surface area contributed by atoms with Crippen LogP contribution in [-0.2, 0) is 6.54 Å². The van der Waals surface area contributed by atoms with Crippen molar-refractivity contribution in [3.63, 3.8) is 0 Å². The quantitative estimate of drug-likeness (QED) is 0.859. The molecule has 1 aliphatic rings. The predicted molar refractivity (Wildman–Crippen MR) is 82.9 cm³/mol. The Bertz CT molecular complexity index is 394. The van der Waals surface area contributed by atoms with Crippen LogP contribution < -0.4 is 5.32 Å². The van der Waals surface area contributed by atoms with Gasteiger partial charge in [0.15, 0.2) is 5.11 Å². The summed E-state index contributed by atoms with van der Waals surface area (Å²) in [6, 6.07) is 4.64. The summed E-state index contributed by atoms with van der Waals surface area (Å²) in [5, 5.41) is 4.28. The van der Waals surface area contributed by atoms with Crippen LogP contribution in [0.3, 0.4) is 0 Å². The van der Waals surface area contributed by atoms with Crippen LogP contribution in [0.4, 0.5) is 0 Å². The lowest BCUT2D eigenvalue weighted by atomic mass is 10.1. The highest BCUT2D eigenvalue weighted by molar-refractivity contribution is 7.80. The molecule has 1 atom stereocenters. The summed E-state index contributed by atoms with van der Waals surface area (Å²) in [4.78, 5) is 6.51. The van der Waals surface area contributed by atoms with Gasteiger partial charge in [-0.15, -0.1) is 0 Å². The number of hydrogen-bond acceptors (Lipinski definition) is 2. The Labute approximate surface area is 121 Å². The summed E-state index contributed by atoms with van der Waals surface area (Å²) >= 11 is 5.57. The molecule has 1 saturated heterocycles. The molecule has 0 amide bonds. The molecule has 1 N–H and O–H groups in total. The number of pyridine rings is 1. The first-order valence-corrected chi connectivity index (χ1v) is 7.65. The number of aromatic nitrogens is 1. The molecule has 1 aliphatic heterocycles. The Balaban J connectivity index is 1.90. The van der Waals surface area contributed by atoms with Crippen molar-refractivity contribution in [1.29, 1.82) is 0 Å². The minimum Gasteiger partial charge on any atom is -0.358 e. The predicted octanol–water partition coefficient (Wildman–Crippen LogP) is 3.11. The molecule has 1 aromatic rings. The Hall–Kier alpha value is -1.16. The highest BCUT2D eigenvalue weighted by Gasteiger charge is 2.21. The van der Waals surface area contributed by atoms with Gasteiger partial charge in [0.2, 0.25) is 0 Å². The smallest absolute Gasteiger partial charge is 0.169 e. The van der Waals surface area contributed by atoms with Gasteiger partial charge in [-0.3, -0.25) is 4.98 Å². The van der Waals surface area contributed by atoms with Gasteiger partial charge in [-0.1, -0.05) is 25.8 Å². The fourth-order valence-electron chi connectivity index (χ4n) is 2.65. The number of nitrogens with one attached hydrogen (secondary N) is 1. The maximum atomic E-state index is 5.57. The zero-order valence-corrected chi connectivity index (χ0v) is 12.5. The Morgan fingerprint density at radius 1 is 1.47 bits per heavy atom. The molecule has 1 aromatic heterocycles. The molecule has 3 nitrogen and oxygen atoms in total. The fraction of sp³-hybridized carbons (Fsp3) is 0.600. The molecule has 2 heterocycles. The number of thiocarbonyl (C=S) groups is 1. The van der Waals surface area contributed by atoms with Gasteiger partial charge in [0, 0.05) is 31.5 Å². The molecule has 0 aromatic carbocycles. The van der Waals surface area contributed by atoms with Gasteiger partial charge >= 0.3 is 0 Å². The van der Waals surface area contributed by atoms with E-state index in [1.165, 1.54) is 37.7 Å². The third-order valence-corrected chi connectivity index (χ3v) is 4.15. The highest BCUT2D eigenvalue weighted by Crippen LogP contribution is 2.19. The maximum Gasteiger partial charge on any atom is 0.169 e. The lowest BCUT2D eigenvalue weighted by Gasteiger charge is -2.32. The van der Waals surface area contributed by atoms with Crippen molar-refractivity contribution in [2.24, 2.45) is 0 Å². The van der Waals surface area contributed by atoms with Crippen molar-refractivity contribution < 1.29 is 0 Å². The highest BCUT2D eigenvalue weighted by atomic mass is 32.1. The van der Waals surface area contributed by atoms with E-state index in [-0.39, 0.29) is 0 Å². The summed E-state index contributed by atoms with van der Waals surface area (Å²) < 4.78 is 0. The van der Waals surface area contributed by atoms with Gasteiger partial charge in [0.05, 0.1) is 0 Å². The van der Waals surface area contributed by atoms with Gasteiger partial charge in [-0.25, -0.2) is 0 Å². The molecule has 0 saturated carbocycles. The van der Waals surface area contributed by atoms with Crippen LogP contribution in [0, 0.1) is 0 Å². The van der Waals surface area contributed by atoms with Crippen molar-refractivity contribution in [2.45, 2.75) is 51.6 Å². The van der Waals surface area contributed by atoms with Crippen LogP contribution in [0.15, 0.2) is 24.5 Å². The number of hydrogen-bond donors (Lipinski definition) is 1. The van der Waals surface area contributed by atoms with E-state index < -0.39 is 0 Å². The van der Waals surface area contributed by atoms with Gasteiger partial charge in [0.1, 0.15) is 0 Å². The normalized spacial score (nSPS) is 19.8. The van der Waals surface area contributed by atoms with Crippen molar-refractivity contribution >= 4 is 17.3 Å². The average molecular weight is 277 g/mol. The maximum absolute atomic E-state index is 5.57. The second-order valence-corrected chi connectivity index (χ2v) is 5.51. The van der Waals surface area contributed by atoms with Crippen LogP contribution in [-0.4, -0.2) is 27.6 Å². The van der Waals surface area contributed by atoms with E-state index in [0.717, 1.165) is 18.2 Å². The molecule has 1 fully saturated rings. The molecular weight excluding hydrogens is 254 g/mol. The summed E-state index contributed by atoms with van der Waals surface area (Å²) in [6.07, 6.45) is 10.0. The van der Waals surface area contributed by atoms with E-state index in [1.54, 1.807) is 6.20 Å². The summed E-state index contributed by atoms with van der Waals surface area (Å²) in [6.45, 7) is 4.11. The SMILES string of the molecule is CCC1CCCCCN1C(=S)NCc1cccnc1. The summed E-state index contributed by atoms with van der Waals surface area (Å²) in [5.74, 6) is 0. The zero-order valence-electron chi connectivity index (χ0n) is 11.6. The summed E-state index contributed by atoms with van der Waals surface area (Å²) in [5.41, 5.74) is 1.17. The lowest BCUT2D eigenvalue weighted by Crippen LogP contribution is -2.45. The van der Waals surface area contributed by atoms with E-state index >= 15 is 0 Å². The van der Waals surface area contributed by atoms with Gasteiger partial charge in [-0.2, -0.15) is 0 Å². The van der Waals surface area contributed by atoms with Crippen LogP contribution in [0.25, 0.3) is 0 Å². The molecule has 2 rings (SSSR count). The molecule has 0 spiro atoms. The van der Waals surface area contributed by atoms with Gasteiger partial charge in [0.25, 0.3) is 0 Å². The van der Waals surface area contributed by atoms with E-state index in [2.05, 4.69) is 28.2 Å². The number of likely N-dealkylation sites (tertiary alicyclic amines) is 1. The average Bonchev–Trinajstić information content (AvgIpc) is 2.71. The summed E-state index contributed by atoms with van der Waals surface area (Å²) in [7, 11) is 0.